The zero-order chi connectivity index (χ0) is 22.9. The van der Waals surface area contributed by atoms with Gasteiger partial charge in [0, 0.05) is 28.6 Å². The first-order valence-electron chi connectivity index (χ1n) is 10.5. The van der Waals surface area contributed by atoms with Crippen LogP contribution in [0.15, 0.2) is 41.3 Å². The zero-order valence-corrected chi connectivity index (χ0v) is 21.8. The Kier molecular flexibility index (Phi) is 7.20. The van der Waals surface area contributed by atoms with Crippen molar-refractivity contribution in [3.63, 3.8) is 0 Å². The van der Waals surface area contributed by atoms with Crippen molar-refractivity contribution >= 4 is 36.7 Å². The maximum absolute atomic E-state index is 11.9. The highest BCUT2D eigenvalue weighted by atomic mass is 32.2. The molecular formula is C25H37NO2SSi. The number of rotatable bonds is 5. The molecule has 0 bridgehead atoms. The summed E-state index contributed by atoms with van der Waals surface area (Å²) < 4.78 is 5.76. The molecular weight excluding hydrogens is 406 g/mol. The first-order chi connectivity index (χ1) is 13.6. The van der Waals surface area contributed by atoms with Crippen LogP contribution in [0.1, 0.15) is 59.6 Å². The molecule has 0 heterocycles. The lowest BCUT2D eigenvalue weighted by molar-refractivity contribution is -0.132. The van der Waals surface area contributed by atoms with E-state index in [9.17, 15) is 4.79 Å². The van der Waals surface area contributed by atoms with Gasteiger partial charge in [0.2, 0.25) is 0 Å². The molecule has 5 heteroatoms. The second kappa shape index (κ2) is 8.79. The fourth-order valence-corrected chi connectivity index (χ4v) is 7.58. The van der Waals surface area contributed by atoms with E-state index >= 15 is 0 Å². The minimum Gasteiger partial charge on any atom is -0.426 e. The van der Waals surface area contributed by atoms with Crippen LogP contribution in [0.5, 0.6) is 5.75 Å². The van der Waals surface area contributed by atoms with Gasteiger partial charge in [-0.25, -0.2) is 0 Å². The summed E-state index contributed by atoms with van der Waals surface area (Å²) in [4.78, 5) is 13.1. The van der Waals surface area contributed by atoms with E-state index in [4.69, 9.17) is 10.5 Å². The van der Waals surface area contributed by atoms with Crippen molar-refractivity contribution in [1.29, 1.82) is 0 Å². The predicted molar refractivity (Wildman–Crippen MR) is 134 cm³/mol. The van der Waals surface area contributed by atoms with Crippen LogP contribution in [0.25, 0.3) is 0 Å². The third kappa shape index (κ3) is 6.14. The van der Waals surface area contributed by atoms with E-state index in [1.165, 1.54) is 17.0 Å². The number of carbonyl (C=O) groups excluding carboxylic acids is 1. The predicted octanol–water partition coefficient (Wildman–Crippen LogP) is 6.04. The number of benzene rings is 2. The molecule has 2 N–H and O–H groups in total. The SMILES string of the molecule is CC(=O)Oc1c(C(C)(C)C)cc(SC[Si](C)(C)c2ccc(N)cc2)cc1C(C)(C)C. The van der Waals surface area contributed by atoms with Crippen LogP contribution in [0.4, 0.5) is 5.69 Å². The molecule has 0 unspecified atom stereocenters. The van der Waals surface area contributed by atoms with E-state index in [0.29, 0.717) is 0 Å². The largest absolute Gasteiger partial charge is 0.426 e. The lowest BCUT2D eigenvalue weighted by Gasteiger charge is -2.30. The molecule has 3 nitrogen and oxygen atoms in total. The van der Waals surface area contributed by atoms with Gasteiger partial charge in [0.1, 0.15) is 5.75 Å². The van der Waals surface area contributed by atoms with Gasteiger partial charge in [-0.1, -0.05) is 72.0 Å². The Bertz CT molecular complexity index is 871. The highest BCUT2D eigenvalue weighted by molar-refractivity contribution is 8.01. The number of nitrogens with two attached hydrogens (primary N) is 1. The van der Waals surface area contributed by atoms with Crippen molar-refractivity contribution in [2.45, 2.75) is 77.3 Å². The van der Waals surface area contributed by atoms with Gasteiger partial charge in [0.25, 0.3) is 0 Å². The third-order valence-corrected chi connectivity index (χ3v) is 11.1. The Labute approximate surface area is 187 Å². The molecule has 2 rings (SSSR count). The summed E-state index contributed by atoms with van der Waals surface area (Å²) in [5, 5.41) is 2.48. The Hall–Kier alpha value is -1.72. The molecule has 0 atom stereocenters. The van der Waals surface area contributed by atoms with Crippen molar-refractivity contribution in [3.8, 4) is 5.75 Å². The standard InChI is InChI=1S/C25H37NO2SSi/c1-17(27)28-23-21(24(2,3)4)14-19(15-22(23)25(5,6)7)29-16-30(8,9)20-12-10-18(26)11-13-20/h10-15H,16,26H2,1-9H3. The van der Waals surface area contributed by atoms with E-state index in [2.05, 4.69) is 78.9 Å². The van der Waals surface area contributed by atoms with Crippen LogP contribution in [-0.4, -0.2) is 19.4 Å². The number of esters is 1. The third-order valence-electron chi connectivity index (χ3n) is 5.22. The smallest absolute Gasteiger partial charge is 0.308 e. The first kappa shape index (κ1) is 24.5. The number of anilines is 1. The van der Waals surface area contributed by atoms with Gasteiger partial charge in [0.15, 0.2) is 0 Å². The van der Waals surface area contributed by atoms with E-state index in [1.807, 2.05) is 23.9 Å². The normalized spacial score (nSPS) is 12.7. The molecule has 0 saturated carbocycles. The number of carbonyl (C=O) groups is 1. The van der Waals surface area contributed by atoms with Gasteiger partial charge in [-0.05, 0) is 40.5 Å². The molecule has 30 heavy (non-hydrogen) atoms. The highest BCUT2D eigenvalue weighted by Gasteiger charge is 2.30. The van der Waals surface area contributed by atoms with Gasteiger partial charge in [-0.15, -0.1) is 11.8 Å². The van der Waals surface area contributed by atoms with Crippen LogP contribution in [0, 0.1) is 0 Å². The maximum atomic E-state index is 11.9. The molecule has 2 aromatic rings. The second-order valence-electron chi connectivity index (χ2n) is 10.7. The molecule has 0 aliphatic carbocycles. The summed E-state index contributed by atoms with van der Waals surface area (Å²) in [6, 6.07) is 12.8. The fraction of sp³-hybridized carbons (Fsp3) is 0.480. The number of hydrogen-bond acceptors (Lipinski definition) is 4. The van der Waals surface area contributed by atoms with Gasteiger partial charge in [-0.2, -0.15) is 0 Å². The molecule has 0 fully saturated rings. The summed E-state index contributed by atoms with van der Waals surface area (Å²) in [5.41, 5.74) is 8.58. The summed E-state index contributed by atoms with van der Waals surface area (Å²) in [5.74, 6) is 0.449. The summed E-state index contributed by atoms with van der Waals surface area (Å²) in [6.45, 7) is 19.3. The van der Waals surface area contributed by atoms with E-state index < -0.39 is 8.07 Å². The van der Waals surface area contributed by atoms with Crippen molar-refractivity contribution in [2.75, 3.05) is 11.1 Å². The van der Waals surface area contributed by atoms with Gasteiger partial charge >= 0.3 is 5.97 Å². The van der Waals surface area contributed by atoms with Crippen molar-refractivity contribution < 1.29 is 9.53 Å². The van der Waals surface area contributed by atoms with Crippen LogP contribution < -0.4 is 15.7 Å². The van der Waals surface area contributed by atoms with E-state index in [0.717, 1.165) is 27.9 Å². The second-order valence-corrected chi connectivity index (χ2v) is 17.0. The quantitative estimate of drug-likeness (QED) is 0.201. The Balaban J connectivity index is 2.47. The molecule has 0 saturated heterocycles. The van der Waals surface area contributed by atoms with E-state index in [-0.39, 0.29) is 16.8 Å². The highest BCUT2D eigenvalue weighted by Crippen LogP contribution is 2.43. The Morgan fingerprint density at radius 3 is 1.83 bits per heavy atom. The molecule has 0 aliphatic heterocycles. The topological polar surface area (TPSA) is 52.3 Å². The monoisotopic (exact) mass is 443 g/mol. The minimum absolute atomic E-state index is 0.134. The number of nitrogen functional groups attached to an aromatic ring is 1. The van der Waals surface area contributed by atoms with Gasteiger partial charge in [-0.3, -0.25) is 4.79 Å². The average molecular weight is 444 g/mol. The summed E-state index contributed by atoms with van der Waals surface area (Å²) in [6.07, 6.45) is 0. The summed E-state index contributed by atoms with van der Waals surface area (Å²) in [7, 11) is -1.63. The molecule has 164 valence electrons. The molecule has 0 amide bonds. The van der Waals surface area contributed by atoms with Crippen LogP contribution >= 0.6 is 11.8 Å². The Morgan fingerprint density at radius 1 is 0.967 bits per heavy atom. The van der Waals surface area contributed by atoms with E-state index in [1.54, 1.807) is 0 Å². The number of thioether (sulfide) groups is 1. The lowest BCUT2D eigenvalue weighted by Crippen LogP contribution is -2.44. The average Bonchev–Trinajstić information content (AvgIpc) is 2.58. The first-order valence-corrected chi connectivity index (χ1v) is 14.7. The molecule has 0 aromatic heterocycles. The number of ether oxygens (including phenoxy) is 1. The fourth-order valence-electron chi connectivity index (χ4n) is 3.33. The lowest BCUT2D eigenvalue weighted by atomic mass is 9.79. The maximum Gasteiger partial charge on any atom is 0.308 e. The van der Waals surface area contributed by atoms with Crippen molar-refractivity contribution in [1.82, 2.24) is 0 Å². The van der Waals surface area contributed by atoms with Gasteiger partial charge in [0.05, 0.1) is 8.07 Å². The molecule has 2 aromatic carbocycles. The summed E-state index contributed by atoms with van der Waals surface area (Å²) >= 11 is 1.90. The zero-order valence-electron chi connectivity index (χ0n) is 20.0. The van der Waals surface area contributed by atoms with Gasteiger partial charge < -0.3 is 10.5 Å². The van der Waals surface area contributed by atoms with Crippen molar-refractivity contribution in [2.24, 2.45) is 0 Å². The minimum atomic E-state index is -1.63. The number of hydrogen-bond donors (Lipinski definition) is 1. The Morgan fingerprint density at radius 2 is 1.43 bits per heavy atom. The van der Waals surface area contributed by atoms with Crippen LogP contribution in [-0.2, 0) is 15.6 Å². The molecule has 0 radical (unpaired) electrons. The van der Waals surface area contributed by atoms with Crippen LogP contribution in [0.3, 0.4) is 0 Å². The molecule has 0 aliphatic rings. The van der Waals surface area contributed by atoms with Crippen LogP contribution in [0.2, 0.25) is 13.1 Å². The molecule has 0 spiro atoms. The van der Waals surface area contributed by atoms with Crippen molar-refractivity contribution in [3.05, 3.63) is 47.5 Å².